The molecular weight excluding hydrogens is 644 g/mol. The van der Waals surface area contributed by atoms with Crippen molar-refractivity contribution in [3.8, 4) is 0 Å². The Morgan fingerprint density at radius 3 is 2.37 bits per heavy atom. The van der Waals surface area contributed by atoms with Crippen LogP contribution in [-0.4, -0.2) is 134 Å². The molecule has 17 atom stereocenters. The standard InChI is InChI=1S/C35H52O14/c1-17-30(49-31-29(42)28(41)27(40)24(14-36)48-31)23(38)12-26(46-17)47-19-3-8-33(16-37)21-4-7-32(2)20(18-11-25(39)45-15-18)6-10-35(32,44)22(21)5-9-34(33,43)13-19/h11,16-17,19-24,26-31,36,38,40-44H,3-10,12-15H2,1-2H3/t17-,19+,20-,21+,22-,23-,24-,26+,27-,28+,29-,30-,31+,32+,33-,34-,35+/m0/s1. The van der Waals surface area contributed by atoms with Gasteiger partial charge in [-0.15, -0.1) is 0 Å². The van der Waals surface area contributed by atoms with Crippen molar-refractivity contribution in [1.82, 2.24) is 0 Å². The molecule has 3 aliphatic heterocycles. The first-order valence-corrected chi connectivity index (χ1v) is 17.9. The van der Waals surface area contributed by atoms with Gasteiger partial charge in [0.15, 0.2) is 12.6 Å². The van der Waals surface area contributed by atoms with E-state index >= 15 is 0 Å². The topological polar surface area (TPSA) is 222 Å². The van der Waals surface area contributed by atoms with Gasteiger partial charge in [-0.1, -0.05) is 6.92 Å². The van der Waals surface area contributed by atoms with Crippen molar-refractivity contribution in [3.63, 3.8) is 0 Å². The Morgan fingerprint density at radius 2 is 1.69 bits per heavy atom. The summed E-state index contributed by atoms with van der Waals surface area (Å²) in [4.78, 5) is 25.0. The Balaban J connectivity index is 1.00. The molecule has 7 N–H and O–H groups in total. The number of aldehydes is 1. The molecule has 7 rings (SSSR count). The number of aliphatic hydroxyl groups is 7. The van der Waals surface area contributed by atoms with E-state index in [1.807, 2.05) is 0 Å². The average molecular weight is 697 g/mol. The molecule has 3 heterocycles. The summed E-state index contributed by atoms with van der Waals surface area (Å²) < 4.78 is 28.9. The van der Waals surface area contributed by atoms with Crippen LogP contribution in [0.3, 0.4) is 0 Å². The van der Waals surface area contributed by atoms with Crippen LogP contribution in [0.25, 0.3) is 0 Å². The van der Waals surface area contributed by atoms with Crippen molar-refractivity contribution in [2.24, 2.45) is 28.6 Å². The molecule has 0 amide bonds. The lowest BCUT2D eigenvalue weighted by Gasteiger charge is -2.65. The van der Waals surface area contributed by atoms with Gasteiger partial charge in [0.05, 0.1) is 41.5 Å². The van der Waals surface area contributed by atoms with E-state index in [9.17, 15) is 45.3 Å². The van der Waals surface area contributed by atoms with Crippen molar-refractivity contribution < 1.29 is 69.0 Å². The lowest BCUT2D eigenvalue weighted by atomic mass is 9.41. The molecule has 2 saturated heterocycles. The molecule has 276 valence electrons. The van der Waals surface area contributed by atoms with E-state index in [0.29, 0.717) is 44.9 Å². The second-order valence-corrected chi connectivity index (χ2v) is 16.1. The summed E-state index contributed by atoms with van der Waals surface area (Å²) in [7, 11) is 0. The van der Waals surface area contributed by atoms with Crippen molar-refractivity contribution in [1.29, 1.82) is 0 Å². The fourth-order valence-corrected chi connectivity index (χ4v) is 11.3. The predicted molar refractivity (Wildman–Crippen MR) is 166 cm³/mol. The normalized spacial score (nSPS) is 54.3. The van der Waals surface area contributed by atoms with Crippen molar-refractivity contribution in [3.05, 3.63) is 11.6 Å². The first-order chi connectivity index (χ1) is 23.2. The fourth-order valence-electron chi connectivity index (χ4n) is 11.3. The number of cyclic esters (lactones) is 1. The van der Waals surface area contributed by atoms with Crippen LogP contribution in [0.15, 0.2) is 11.6 Å². The SMILES string of the molecule is C[C@@H]1O[C@H](O[C@@H]2CC[C@]3(C=O)[C@@H]4CC[C@]5(C)[C@H](C6=CC(=O)OC6)CC[C@@]5(O)[C@H]4CC[C@]3(O)C2)C[C@H](O)[C@H]1O[C@H]1O[C@@H](CO)[C@H](O)[C@@H](O)[C@@H]1O. The number of esters is 1. The van der Waals surface area contributed by atoms with Crippen LogP contribution in [0.4, 0.5) is 0 Å². The monoisotopic (exact) mass is 696 g/mol. The van der Waals surface area contributed by atoms with Gasteiger partial charge in [0.1, 0.15) is 43.4 Å². The van der Waals surface area contributed by atoms with Crippen LogP contribution in [0, 0.1) is 28.6 Å². The first kappa shape index (κ1) is 35.8. The summed E-state index contributed by atoms with van der Waals surface area (Å²) in [6.07, 6.45) is -4.38. The lowest BCUT2D eigenvalue weighted by Crippen LogP contribution is -2.69. The third kappa shape index (κ3) is 5.47. The van der Waals surface area contributed by atoms with E-state index in [1.54, 1.807) is 13.0 Å². The van der Waals surface area contributed by atoms with E-state index in [2.05, 4.69) is 6.92 Å². The molecule has 7 aliphatic rings. The smallest absolute Gasteiger partial charge is 0.331 e. The lowest BCUT2D eigenvalue weighted by molar-refractivity contribution is -0.345. The van der Waals surface area contributed by atoms with Gasteiger partial charge in [0.25, 0.3) is 0 Å². The zero-order valence-corrected chi connectivity index (χ0v) is 28.1. The van der Waals surface area contributed by atoms with Crippen molar-refractivity contribution in [2.45, 2.75) is 151 Å². The summed E-state index contributed by atoms with van der Waals surface area (Å²) in [6.45, 7) is 3.42. The number of hydrogen-bond acceptors (Lipinski definition) is 14. The minimum atomic E-state index is -1.62. The van der Waals surface area contributed by atoms with E-state index in [4.69, 9.17) is 23.7 Å². The fraction of sp³-hybridized carbons (Fsp3) is 0.886. The molecule has 6 fully saturated rings. The van der Waals surface area contributed by atoms with E-state index in [1.165, 1.54) is 0 Å². The second kappa shape index (κ2) is 12.8. The number of hydrogen-bond donors (Lipinski definition) is 7. The minimum Gasteiger partial charge on any atom is -0.458 e. The van der Waals surface area contributed by atoms with E-state index in [-0.39, 0.29) is 43.2 Å². The zero-order valence-electron chi connectivity index (χ0n) is 28.1. The van der Waals surface area contributed by atoms with Crippen LogP contribution >= 0.6 is 0 Å². The number of fused-ring (bicyclic) bond motifs is 5. The maximum Gasteiger partial charge on any atom is 0.331 e. The number of aliphatic hydroxyl groups excluding tert-OH is 5. The van der Waals surface area contributed by atoms with Gasteiger partial charge in [0, 0.05) is 24.3 Å². The maximum absolute atomic E-state index is 13.2. The maximum atomic E-state index is 13.2. The molecule has 0 spiro atoms. The third-order valence-electron chi connectivity index (χ3n) is 14.0. The highest BCUT2D eigenvalue weighted by Gasteiger charge is 2.71. The first-order valence-electron chi connectivity index (χ1n) is 17.9. The molecule has 4 aliphatic carbocycles. The van der Waals surface area contributed by atoms with Gasteiger partial charge in [-0.3, -0.25) is 0 Å². The summed E-state index contributed by atoms with van der Waals surface area (Å²) >= 11 is 0. The molecule has 14 heteroatoms. The average Bonchev–Trinajstić information content (AvgIpc) is 3.61. The highest BCUT2D eigenvalue weighted by atomic mass is 16.7. The molecule has 14 nitrogen and oxygen atoms in total. The Morgan fingerprint density at radius 1 is 0.939 bits per heavy atom. The van der Waals surface area contributed by atoms with E-state index < -0.39 is 90.1 Å². The number of rotatable bonds is 7. The van der Waals surface area contributed by atoms with Crippen LogP contribution in [-0.2, 0) is 33.3 Å². The van der Waals surface area contributed by atoms with Crippen molar-refractivity contribution >= 4 is 12.3 Å². The predicted octanol–water partition coefficient (Wildman–Crippen LogP) is -0.397. The van der Waals surface area contributed by atoms with Gasteiger partial charge in [0.2, 0.25) is 0 Å². The van der Waals surface area contributed by atoms with Gasteiger partial charge in [-0.05, 0) is 81.6 Å². The van der Waals surface area contributed by atoms with Gasteiger partial charge < -0.3 is 64.2 Å². The Kier molecular flexibility index (Phi) is 9.38. The Bertz CT molecular complexity index is 1300. The quantitative estimate of drug-likeness (QED) is 0.102. The Hall–Kier alpha value is -1.56. The summed E-state index contributed by atoms with van der Waals surface area (Å²) in [5.41, 5.74) is -2.94. The summed E-state index contributed by atoms with van der Waals surface area (Å²) in [5.74, 6) is -0.688. The molecule has 0 aromatic rings. The molecule has 0 bridgehead atoms. The highest BCUT2D eigenvalue weighted by molar-refractivity contribution is 5.85. The minimum absolute atomic E-state index is 0.00470. The molecule has 49 heavy (non-hydrogen) atoms. The molecule has 0 aromatic heterocycles. The second-order valence-electron chi connectivity index (χ2n) is 16.1. The summed E-state index contributed by atoms with van der Waals surface area (Å²) in [6, 6.07) is 0. The van der Waals surface area contributed by atoms with Crippen LogP contribution in [0.5, 0.6) is 0 Å². The third-order valence-corrected chi connectivity index (χ3v) is 14.0. The highest BCUT2D eigenvalue weighted by Crippen LogP contribution is 2.70. The number of ether oxygens (including phenoxy) is 5. The number of carbonyl (C=O) groups is 2. The molecule has 0 unspecified atom stereocenters. The van der Waals surface area contributed by atoms with Crippen LogP contribution in [0.1, 0.15) is 78.1 Å². The largest absolute Gasteiger partial charge is 0.458 e. The van der Waals surface area contributed by atoms with E-state index in [0.717, 1.165) is 18.3 Å². The zero-order chi connectivity index (χ0) is 35.1. The molecule has 0 aromatic carbocycles. The van der Waals surface area contributed by atoms with Gasteiger partial charge >= 0.3 is 5.97 Å². The van der Waals surface area contributed by atoms with Crippen LogP contribution < -0.4 is 0 Å². The van der Waals surface area contributed by atoms with Crippen molar-refractivity contribution in [2.75, 3.05) is 13.2 Å². The van der Waals surface area contributed by atoms with Gasteiger partial charge in [-0.2, -0.15) is 0 Å². The molecule has 4 saturated carbocycles. The summed E-state index contributed by atoms with van der Waals surface area (Å²) in [5, 5.41) is 75.9. The Labute approximate surface area is 285 Å². The molecular formula is C35H52O14. The molecule has 0 radical (unpaired) electrons. The van der Waals surface area contributed by atoms with Gasteiger partial charge in [-0.25, -0.2) is 4.79 Å². The number of carbonyl (C=O) groups excluding carboxylic acids is 2. The van der Waals surface area contributed by atoms with Crippen LogP contribution in [0.2, 0.25) is 0 Å².